The van der Waals surface area contributed by atoms with E-state index in [1.165, 1.54) is 16.7 Å². The van der Waals surface area contributed by atoms with Crippen LogP contribution in [0.15, 0.2) is 52.3 Å². The zero-order valence-corrected chi connectivity index (χ0v) is 16.5. The van der Waals surface area contributed by atoms with Gasteiger partial charge in [0.2, 0.25) is 0 Å². The second-order valence-corrected chi connectivity index (χ2v) is 9.29. The Hall–Kier alpha value is -1.01. The van der Waals surface area contributed by atoms with Gasteiger partial charge in [-0.05, 0) is 43.8 Å². The van der Waals surface area contributed by atoms with Crippen molar-refractivity contribution in [3.8, 4) is 0 Å². The molecule has 25 heavy (non-hydrogen) atoms. The summed E-state index contributed by atoms with van der Waals surface area (Å²) in [4.78, 5) is 14.3. The number of anilines is 2. The summed E-state index contributed by atoms with van der Waals surface area (Å²) < 4.78 is 17.9. The zero-order chi connectivity index (χ0) is 18.0. The Labute approximate surface area is 157 Å². The second-order valence-electron chi connectivity index (χ2n) is 5.74. The van der Waals surface area contributed by atoms with E-state index in [-0.39, 0.29) is 0 Å². The van der Waals surface area contributed by atoms with Crippen LogP contribution < -0.4 is 4.90 Å². The quantitative estimate of drug-likeness (QED) is 0.690. The van der Waals surface area contributed by atoms with Crippen molar-refractivity contribution in [2.45, 2.75) is 16.2 Å². The topological polar surface area (TPSA) is 53.0 Å². The molecule has 0 saturated carbocycles. The monoisotopic (exact) mass is 398 g/mol. The first-order valence-electron chi connectivity index (χ1n) is 7.86. The summed E-state index contributed by atoms with van der Waals surface area (Å²) >= 11 is 7.93. The van der Waals surface area contributed by atoms with Gasteiger partial charge in [0.25, 0.3) is 0 Å². The van der Waals surface area contributed by atoms with Crippen LogP contribution in [0.4, 0.5) is 11.4 Å². The molecule has 0 saturated heterocycles. The minimum Gasteiger partial charge on any atom is -0.340 e. The average molecular weight is 399 g/mol. The van der Waals surface area contributed by atoms with Crippen LogP contribution in [0.3, 0.4) is 0 Å². The lowest BCUT2D eigenvalue weighted by Gasteiger charge is -2.33. The van der Waals surface area contributed by atoms with Crippen molar-refractivity contribution >= 4 is 42.5 Å². The first kappa shape index (κ1) is 18.8. The van der Waals surface area contributed by atoms with E-state index in [0.717, 1.165) is 16.3 Å². The van der Waals surface area contributed by atoms with Crippen LogP contribution in [0.25, 0.3) is 0 Å². The fraction of sp³-hybridized carbons (Fsp3) is 0.294. The number of halogens is 1. The van der Waals surface area contributed by atoms with E-state index in [4.69, 9.17) is 11.6 Å². The summed E-state index contributed by atoms with van der Waals surface area (Å²) in [7, 11) is -0.849. The van der Waals surface area contributed by atoms with Gasteiger partial charge in [-0.15, -0.1) is 0 Å². The molecule has 0 spiro atoms. The molecule has 5 nitrogen and oxygen atoms in total. The smallest absolute Gasteiger partial charge is 0.340 e. The number of nitrogens with zero attached hydrogens (tertiary/aromatic N) is 2. The van der Waals surface area contributed by atoms with E-state index >= 15 is 0 Å². The van der Waals surface area contributed by atoms with Gasteiger partial charge in [-0.1, -0.05) is 35.5 Å². The Bertz CT molecular complexity index is 820. The lowest BCUT2D eigenvalue weighted by atomic mass is 10.2. The molecule has 1 heterocycles. The molecule has 0 aliphatic carbocycles. The molecule has 0 fully saturated rings. The maximum absolute atomic E-state index is 11.8. The number of rotatable bonds is 6. The molecule has 8 heteroatoms. The van der Waals surface area contributed by atoms with Gasteiger partial charge in [0.1, 0.15) is 0 Å². The maximum atomic E-state index is 11.8. The standard InChI is InChI=1S/C17H20ClN2O3PS/c1-19(24(21,22)23-2)10-5-11-20-14-6-3-4-7-16(14)25-17-9-8-13(18)12-15(17)20/h3-4,6-9,12H,5,10-11H2,1-2H3,(H,21,22). The van der Waals surface area contributed by atoms with Crippen LogP contribution in [-0.2, 0) is 9.09 Å². The van der Waals surface area contributed by atoms with Gasteiger partial charge in [0, 0.05) is 35.0 Å². The third-order valence-corrected chi connectivity index (χ3v) is 7.02. The molecular weight excluding hydrogens is 379 g/mol. The number of benzene rings is 2. The minimum atomic E-state index is -3.68. The molecule has 0 radical (unpaired) electrons. The molecule has 1 unspecified atom stereocenters. The normalized spacial score (nSPS) is 15.6. The van der Waals surface area contributed by atoms with E-state index in [1.54, 1.807) is 18.8 Å². The van der Waals surface area contributed by atoms with E-state index in [1.807, 2.05) is 30.3 Å². The molecule has 1 atom stereocenters. The van der Waals surface area contributed by atoms with Crippen LogP contribution in [-0.4, -0.2) is 36.8 Å². The first-order chi connectivity index (χ1) is 11.9. The fourth-order valence-electron chi connectivity index (χ4n) is 2.77. The molecule has 0 aromatic heterocycles. The molecule has 1 aliphatic heterocycles. The van der Waals surface area contributed by atoms with Crippen molar-refractivity contribution in [3.05, 3.63) is 47.5 Å². The van der Waals surface area contributed by atoms with Crippen molar-refractivity contribution in [2.24, 2.45) is 0 Å². The van der Waals surface area contributed by atoms with Crippen molar-refractivity contribution < 1.29 is 14.0 Å². The van der Waals surface area contributed by atoms with E-state index in [2.05, 4.69) is 21.6 Å². The molecule has 2 aromatic carbocycles. The summed E-state index contributed by atoms with van der Waals surface area (Å²) in [6.45, 7) is 1.16. The molecular formula is C17H20ClN2O3PS. The summed E-state index contributed by atoms with van der Waals surface area (Å²) in [6, 6.07) is 14.1. The van der Waals surface area contributed by atoms with Crippen LogP contribution in [0.5, 0.6) is 0 Å². The first-order valence-corrected chi connectivity index (χ1v) is 10.6. The van der Waals surface area contributed by atoms with Crippen molar-refractivity contribution in [3.63, 3.8) is 0 Å². The highest BCUT2D eigenvalue weighted by atomic mass is 35.5. The number of hydrogen-bond acceptors (Lipinski definition) is 4. The van der Waals surface area contributed by atoms with E-state index in [0.29, 0.717) is 24.5 Å². The van der Waals surface area contributed by atoms with Crippen molar-refractivity contribution in [1.29, 1.82) is 0 Å². The SMILES string of the molecule is COP(=O)(O)N(C)CCCN1c2ccccc2Sc2ccc(Cl)cc21. The van der Waals surface area contributed by atoms with Crippen molar-refractivity contribution in [2.75, 3.05) is 32.1 Å². The minimum absolute atomic E-state index is 0.448. The lowest BCUT2D eigenvalue weighted by Crippen LogP contribution is -2.26. The molecule has 1 N–H and O–H groups in total. The van der Waals surface area contributed by atoms with Gasteiger partial charge in [-0.25, -0.2) is 9.24 Å². The van der Waals surface area contributed by atoms with Crippen LogP contribution in [0.1, 0.15) is 6.42 Å². The fourth-order valence-corrected chi connectivity index (χ4v) is 4.68. The number of hydrogen-bond donors (Lipinski definition) is 1. The Morgan fingerprint density at radius 3 is 2.72 bits per heavy atom. The predicted molar refractivity (Wildman–Crippen MR) is 103 cm³/mol. The van der Waals surface area contributed by atoms with Gasteiger partial charge in [0.15, 0.2) is 0 Å². The summed E-state index contributed by atoms with van der Waals surface area (Å²) in [5.41, 5.74) is 2.20. The largest absolute Gasteiger partial charge is 0.405 e. The van der Waals surface area contributed by atoms with Crippen LogP contribution >= 0.6 is 31.1 Å². The summed E-state index contributed by atoms with van der Waals surface area (Å²) in [6.07, 6.45) is 0.704. The predicted octanol–water partition coefficient (Wildman–Crippen LogP) is 5.01. The lowest BCUT2D eigenvalue weighted by molar-refractivity contribution is 0.251. The van der Waals surface area contributed by atoms with Crippen LogP contribution in [0.2, 0.25) is 5.02 Å². The summed E-state index contributed by atoms with van der Waals surface area (Å²) in [5, 5.41) is 0.695. The Kier molecular flexibility index (Phi) is 5.78. The van der Waals surface area contributed by atoms with Gasteiger partial charge >= 0.3 is 7.75 Å². The number of fused-ring (bicyclic) bond motifs is 2. The molecule has 0 amide bonds. The highest BCUT2D eigenvalue weighted by molar-refractivity contribution is 7.99. The van der Waals surface area contributed by atoms with Gasteiger partial charge in [0.05, 0.1) is 11.4 Å². The van der Waals surface area contributed by atoms with Crippen LogP contribution in [0, 0.1) is 0 Å². The average Bonchev–Trinajstić information content (AvgIpc) is 2.61. The highest BCUT2D eigenvalue weighted by Gasteiger charge is 2.26. The molecule has 3 rings (SSSR count). The second kappa shape index (κ2) is 7.70. The highest BCUT2D eigenvalue weighted by Crippen LogP contribution is 2.49. The van der Waals surface area contributed by atoms with Gasteiger partial charge in [-0.2, -0.15) is 0 Å². The Morgan fingerprint density at radius 1 is 1.24 bits per heavy atom. The Morgan fingerprint density at radius 2 is 1.96 bits per heavy atom. The molecule has 134 valence electrons. The third-order valence-electron chi connectivity index (χ3n) is 4.12. The van der Waals surface area contributed by atoms with Crippen molar-refractivity contribution in [1.82, 2.24) is 4.67 Å². The molecule has 1 aliphatic rings. The maximum Gasteiger partial charge on any atom is 0.405 e. The number of para-hydroxylation sites is 1. The van der Waals surface area contributed by atoms with E-state index in [9.17, 15) is 9.46 Å². The Balaban J connectivity index is 1.81. The molecule has 2 aromatic rings. The zero-order valence-electron chi connectivity index (χ0n) is 14.1. The van der Waals surface area contributed by atoms with Gasteiger partial charge < -0.3 is 14.3 Å². The van der Waals surface area contributed by atoms with E-state index < -0.39 is 7.75 Å². The summed E-state index contributed by atoms with van der Waals surface area (Å²) in [5.74, 6) is 0. The third kappa shape index (κ3) is 4.05. The molecule has 0 bridgehead atoms. The van der Waals surface area contributed by atoms with Gasteiger partial charge in [-0.3, -0.25) is 0 Å².